The van der Waals surface area contributed by atoms with Gasteiger partial charge in [0.05, 0.1) is 5.41 Å². The number of hydrogen-bond acceptors (Lipinski definition) is 4. The lowest BCUT2D eigenvalue weighted by Crippen LogP contribution is -2.36. The number of aromatic nitrogens is 2. The van der Waals surface area contributed by atoms with Crippen molar-refractivity contribution in [1.82, 2.24) is 15.5 Å². The summed E-state index contributed by atoms with van der Waals surface area (Å²) in [7, 11) is 0. The van der Waals surface area contributed by atoms with E-state index in [-0.39, 0.29) is 17.9 Å². The third kappa shape index (κ3) is 5.25. The van der Waals surface area contributed by atoms with Crippen LogP contribution in [-0.4, -0.2) is 28.3 Å². The monoisotopic (exact) mass is 446 g/mol. The number of nitrogens with zero attached hydrogens (tertiary/aromatic N) is 1. The molecule has 2 aromatic carbocycles. The van der Waals surface area contributed by atoms with Gasteiger partial charge in [-0.05, 0) is 50.3 Å². The molecule has 3 N–H and O–H groups in total. The van der Waals surface area contributed by atoms with E-state index in [0.717, 1.165) is 35.2 Å². The average Bonchev–Trinajstić information content (AvgIpc) is 3.23. The van der Waals surface area contributed by atoms with Crippen LogP contribution in [0, 0.1) is 6.92 Å². The van der Waals surface area contributed by atoms with Crippen molar-refractivity contribution in [3.8, 4) is 0 Å². The van der Waals surface area contributed by atoms with Gasteiger partial charge in [-0.25, -0.2) is 4.79 Å². The number of aromatic amines is 1. The van der Waals surface area contributed by atoms with Crippen LogP contribution in [-0.2, 0) is 21.5 Å². The van der Waals surface area contributed by atoms with Gasteiger partial charge in [0, 0.05) is 24.2 Å². The number of carbonyl (C=O) groups is 2. The zero-order valence-corrected chi connectivity index (χ0v) is 19.2. The Bertz CT molecular complexity index is 1120. The summed E-state index contributed by atoms with van der Waals surface area (Å²) >= 11 is 0. The first kappa shape index (κ1) is 22.6. The first-order valence-electron chi connectivity index (χ1n) is 11.2. The number of ether oxygens (including phenoxy) is 1. The van der Waals surface area contributed by atoms with Gasteiger partial charge in [-0.2, -0.15) is 5.10 Å². The molecule has 4 rings (SSSR count). The van der Waals surface area contributed by atoms with E-state index in [9.17, 15) is 9.59 Å². The largest absolute Gasteiger partial charge is 0.446 e. The maximum atomic E-state index is 12.8. The van der Waals surface area contributed by atoms with E-state index in [4.69, 9.17) is 4.74 Å². The van der Waals surface area contributed by atoms with Crippen molar-refractivity contribution in [2.24, 2.45) is 0 Å². The lowest BCUT2D eigenvalue weighted by Gasteiger charge is -2.33. The minimum absolute atomic E-state index is 0.119. The first-order chi connectivity index (χ1) is 15.8. The summed E-state index contributed by atoms with van der Waals surface area (Å²) in [4.78, 5) is 24.9. The number of hydrogen-bond donors (Lipinski definition) is 3. The third-order valence-electron chi connectivity index (χ3n) is 6.40. The highest BCUT2D eigenvalue weighted by molar-refractivity contribution is 5.97. The molecule has 1 aliphatic rings. The molecule has 7 nitrogen and oxygen atoms in total. The number of aryl methyl sites for hydroxylation is 1. The van der Waals surface area contributed by atoms with Crippen molar-refractivity contribution >= 4 is 17.8 Å². The van der Waals surface area contributed by atoms with Gasteiger partial charge in [-0.1, -0.05) is 54.6 Å². The predicted molar refractivity (Wildman–Crippen MR) is 127 cm³/mol. The average molecular weight is 447 g/mol. The highest BCUT2D eigenvalue weighted by Crippen LogP contribution is 2.38. The standard InChI is InChI=1S/C26H30N4O3/c1-17-9-7-8-10-18(17)16-27-25(32)33-21-13-19(14-21)22-15-23(30-29-22)28-24(31)26(2,3)20-11-5-4-6-12-20/h4-12,15,19,21H,13-14,16H2,1-3H3,(H,27,32)(H2,28,29,30,31). The third-order valence-corrected chi connectivity index (χ3v) is 6.40. The maximum absolute atomic E-state index is 12.8. The van der Waals surface area contributed by atoms with E-state index in [1.165, 1.54) is 0 Å². The van der Waals surface area contributed by atoms with Crippen molar-refractivity contribution < 1.29 is 14.3 Å². The Labute approximate surface area is 193 Å². The zero-order chi connectivity index (χ0) is 23.4. The van der Waals surface area contributed by atoms with Crippen LogP contribution in [0.15, 0.2) is 60.7 Å². The fraction of sp³-hybridized carbons (Fsp3) is 0.346. The SMILES string of the molecule is Cc1ccccc1CNC(=O)OC1CC(c2cc(NC(=O)C(C)(C)c3ccccc3)n[nH]2)C1. The van der Waals surface area contributed by atoms with Gasteiger partial charge in [-0.3, -0.25) is 9.89 Å². The molecular weight excluding hydrogens is 416 g/mol. The van der Waals surface area contributed by atoms with Crippen LogP contribution in [0.3, 0.4) is 0 Å². The molecule has 0 saturated heterocycles. The van der Waals surface area contributed by atoms with Crippen molar-refractivity contribution in [1.29, 1.82) is 0 Å². The minimum Gasteiger partial charge on any atom is -0.446 e. The second-order valence-electron chi connectivity index (χ2n) is 9.13. The van der Waals surface area contributed by atoms with Gasteiger partial charge >= 0.3 is 6.09 Å². The van der Waals surface area contributed by atoms with Gasteiger partial charge in [-0.15, -0.1) is 0 Å². The number of rotatable bonds is 7. The van der Waals surface area contributed by atoms with Crippen LogP contribution >= 0.6 is 0 Å². The number of amides is 2. The van der Waals surface area contributed by atoms with E-state index < -0.39 is 11.5 Å². The summed E-state index contributed by atoms with van der Waals surface area (Å²) in [6.45, 7) is 6.25. The Balaban J connectivity index is 1.24. The molecule has 172 valence electrons. The molecule has 0 atom stereocenters. The molecule has 0 unspecified atom stereocenters. The fourth-order valence-electron chi connectivity index (χ4n) is 3.95. The second kappa shape index (κ2) is 9.48. The van der Waals surface area contributed by atoms with Crippen LogP contribution in [0.5, 0.6) is 0 Å². The maximum Gasteiger partial charge on any atom is 0.407 e. The van der Waals surface area contributed by atoms with E-state index in [0.29, 0.717) is 12.4 Å². The normalized spacial score (nSPS) is 17.7. The fourth-order valence-corrected chi connectivity index (χ4v) is 3.95. The van der Waals surface area contributed by atoms with E-state index in [1.54, 1.807) is 0 Å². The van der Waals surface area contributed by atoms with Crippen molar-refractivity contribution in [3.05, 3.63) is 83.0 Å². The Kier molecular flexibility index (Phi) is 6.49. The van der Waals surface area contributed by atoms with Gasteiger partial charge in [0.1, 0.15) is 6.10 Å². The van der Waals surface area contributed by atoms with Crippen molar-refractivity contribution in [2.75, 3.05) is 5.32 Å². The number of H-pyrrole nitrogens is 1. The first-order valence-corrected chi connectivity index (χ1v) is 11.2. The zero-order valence-electron chi connectivity index (χ0n) is 19.2. The van der Waals surface area contributed by atoms with Crippen LogP contribution in [0.4, 0.5) is 10.6 Å². The summed E-state index contributed by atoms with van der Waals surface area (Å²) in [5, 5.41) is 13.0. The number of alkyl carbamates (subject to hydrolysis) is 1. The molecule has 2 amide bonds. The quantitative estimate of drug-likeness (QED) is 0.485. The van der Waals surface area contributed by atoms with Crippen LogP contribution < -0.4 is 10.6 Å². The van der Waals surface area contributed by atoms with Crippen LogP contribution in [0.2, 0.25) is 0 Å². The lowest BCUT2D eigenvalue weighted by molar-refractivity contribution is -0.120. The van der Waals surface area contributed by atoms with E-state index >= 15 is 0 Å². The summed E-state index contributed by atoms with van der Waals surface area (Å²) < 4.78 is 5.51. The Morgan fingerprint density at radius 2 is 1.79 bits per heavy atom. The van der Waals surface area contributed by atoms with Crippen molar-refractivity contribution in [2.45, 2.75) is 57.6 Å². The number of nitrogens with one attached hydrogen (secondary N) is 3. The lowest BCUT2D eigenvalue weighted by atomic mass is 9.80. The molecule has 33 heavy (non-hydrogen) atoms. The summed E-state index contributed by atoms with van der Waals surface area (Å²) in [6, 6.07) is 19.5. The molecule has 0 bridgehead atoms. The Morgan fingerprint density at radius 3 is 2.52 bits per heavy atom. The molecule has 1 saturated carbocycles. The molecule has 1 aliphatic carbocycles. The predicted octanol–water partition coefficient (Wildman–Crippen LogP) is 4.81. The highest BCUT2D eigenvalue weighted by Gasteiger charge is 2.35. The number of benzene rings is 2. The number of carbonyl (C=O) groups excluding carboxylic acids is 2. The van der Waals surface area contributed by atoms with Gasteiger partial charge < -0.3 is 15.4 Å². The molecule has 1 fully saturated rings. The van der Waals surface area contributed by atoms with Gasteiger partial charge in [0.15, 0.2) is 5.82 Å². The van der Waals surface area contributed by atoms with Crippen molar-refractivity contribution in [3.63, 3.8) is 0 Å². The van der Waals surface area contributed by atoms with Gasteiger partial charge in [0.2, 0.25) is 5.91 Å². The molecule has 1 heterocycles. The molecule has 0 aliphatic heterocycles. The molecule has 0 radical (unpaired) electrons. The highest BCUT2D eigenvalue weighted by atomic mass is 16.6. The summed E-state index contributed by atoms with van der Waals surface area (Å²) in [5.74, 6) is 0.602. The Hall–Kier alpha value is -3.61. The molecule has 0 spiro atoms. The minimum atomic E-state index is -0.679. The summed E-state index contributed by atoms with van der Waals surface area (Å²) in [5.41, 5.74) is 3.40. The topological polar surface area (TPSA) is 96.1 Å². The molecule has 3 aromatic rings. The molecule has 1 aromatic heterocycles. The number of anilines is 1. The smallest absolute Gasteiger partial charge is 0.407 e. The molecule has 7 heteroatoms. The van der Waals surface area contributed by atoms with Crippen LogP contribution in [0.1, 0.15) is 55.0 Å². The molecular formula is C26H30N4O3. The second-order valence-corrected chi connectivity index (χ2v) is 9.13. The van der Waals surface area contributed by atoms with E-state index in [1.807, 2.05) is 81.4 Å². The van der Waals surface area contributed by atoms with Crippen LogP contribution in [0.25, 0.3) is 0 Å². The van der Waals surface area contributed by atoms with Gasteiger partial charge in [0.25, 0.3) is 0 Å². The summed E-state index contributed by atoms with van der Waals surface area (Å²) in [6.07, 6.45) is 0.929. The van der Waals surface area contributed by atoms with E-state index in [2.05, 4.69) is 20.8 Å². The Morgan fingerprint density at radius 1 is 1.09 bits per heavy atom.